The predicted octanol–water partition coefficient (Wildman–Crippen LogP) is 3.35. The normalized spacial score (nSPS) is 18.4. The van der Waals surface area contributed by atoms with Gasteiger partial charge in [0, 0.05) is 32.3 Å². The molecular formula is C21H26N4O2S. The molecule has 6 nitrogen and oxygen atoms in total. The summed E-state index contributed by atoms with van der Waals surface area (Å²) in [7, 11) is -1.54. The van der Waals surface area contributed by atoms with Gasteiger partial charge in [0.15, 0.2) is 5.65 Å². The summed E-state index contributed by atoms with van der Waals surface area (Å²) < 4.78 is 29.7. The summed E-state index contributed by atoms with van der Waals surface area (Å²) in [5.41, 5.74) is 2.85. The zero-order valence-electron chi connectivity index (χ0n) is 16.5. The molecule has 2 aromatic heterocycles. The van der Waals surface area contributed by atoms with E-state index >= 15 is 0 Å². The lowest BCUT2D eigenvalue weighted by atomic mass is 10.0. The van der Waals surface area contributed by atoms with Crippen LogP contribution in [0.2, 0.25) is 0 Å². The number of pyridine rings is 1. The molecule has 3 aromatic rings. The maximum Gasteiger partial charge on any atom is 0.243 e. The van der Waals surface area contributed by atoms with Gasteiger partial charge in [0.1, 0.15) is 11.3 Å². The van der Waals surface area contributed by atoms with Crippen LogP contribution in [0.4, 0.5) is 0 Å². The Morgan fingerprint density at radius 2 is 1.93 bits per heavy atom. The third-order valence-corrected chi connectivity index (χ3v) is 7.26. The summed E-state index contributed by atoms with van der Waals surface area (Å²) in [6.07, 6.45) is 3.47. The van der Waals surface area contributed by atoms with E-state index in [1.54, 1.807) is 22.6 Å². The number of hydrogen-bond acceptors (Lipinski definition) is 4. The Morgan fingerprint density at radius 1 is 1.18 bits per heavy atom. The summed E-state index contributed by atoms with van der Waals surface area (Å²) >= 11 is 0. The molecule has 0 spiro atoms. The highest BCUT2D eigenvalue weighted by Crippen LogP contribution is 2.31. The fourth-order valence-electron chi connectivity index (χ4n) is 3.98. The molecule has 148 valence electrons. The minimum Gasteiger partial charge on any atom is -0.316 e. The van der Waals surface area contributed by atoms with Crippen molar-refractivity contribution in [3.05, 3.63) is 54.0 Å². The zero-order valence-corrected chi connectivity index (χ0v) is 17.4. The number of aryl methyl sites for hydroxylation is 1. The van der Waals surface area contributed by atoms with Crippen LogP contribution in [0.25, 0.3) is 11.2 Å². The lowest BCUT2D eigenvalue weighted by molar-refractivity contribution is 0.470. The summed E-state index contributed by atoms with van der Waals surface area (Å²) in [5, 5.41) is 0. The van der Waals surface area contributed by atoms with Crippen molar-refractivity contribution in [3.8, 4) is 0 Å². The number of hydrogen-bond donors (Lipinski definition) is 0. The first-order valence-electron chi connectivity index (χ1n) is 9.72. The molecular weight excluding hydrogens is 372 g/mol. The van der Waals surface area contributed by atoms with Crippen LogP contribution in [0.1, 0.15) is 37.6 Å². The third kappa shape index (κ3) is 3.44. The van der Waals surface area contributed by atoms with Crippen LogP contribution in [-0.2, 0) is 23.5 Å². The van der Waals surface area contributed by atoms with Gasteiger partial charge < -0.3 is 4.57 Å². The maximum absolute atomic E-state index is 13.1. The monoisotopic (exact) mass is 398 g/mol. The highest BCUT2D eigenvalue weighted by molar-refractivity contribution is 7.89. The first kappa shape index (κ1) is 19.1. The quantitative estimate of drug-likeness (QED) is 0.661. The molecule has 1 unspecified atom stereocenters. The number of aromatic nitrogens is 3. The summed E-state index contributed by atoms with van der Waals surface area (Å²) in [5.74, 6) is 1.53. The standard InChI is InChI=1S/C21H26N4O2S/c1-15(2)13-16-6-8-18(9-7-16)28(26,27)25-12-10-17(14-25)20-23-19-5-4-11-22-21(19)24(20)3/h4-9,11,15,17H,10,12-14H2,1-3H3. The SMILES string of the molecule is CC(C)Cc1ccc(S(=O)(=O)N2CCC(c3nc4cccnc4n3C)C2)cc1. The van der Waals surface area contributed by atoms with Gasteiger partial charge in [0.25, 0.3) is 0 Å². The Morgan fingerprint density at radius 3 is 2.61 bits per heavy atom. The average molecular weight is 399 g/mol. The van der Waals surface area contributed by atoms with Crippen molar-refractivity contribution < 1.29 is 8.42 Å². The van der Waals surface area contributed by atoms with E-state index in [9.17, 15) is 8.42 Å². The Balaban J connectivity index is 1.55. The van der Waals surface area contributed by atoms with Crippen LogP contribution in [0.15, 0.2) is 47.5 Å². The molecule has 7 heteroatoms. The van der Waals surface area contributed by atoms with E-state index in [-0.39, 0.29) is 5.92 Å². The molecule has 0 bridgehead atoms. The molecule has 3 heterocycles. The van der Waals surface area contributed by atoms with Crippen molar-refractivity contribution in [2.45, 2.75) is 37.5 Å². The Kier molecular flexibility index (Phi) is 4.97. The molecule has 1 saturated heterocycles. The molecule has 0 aliphatic carbocycles. The highest BCUT2D eigenvalue weighted by Gasteiger charge is 2.35. The number of benzene rings is 1. The maximum atomic E-state index is 13.1. The fraction of sp³-hybridized carbons (Fsp3) is 0.429. The largest absolute Gasteiger partial charge is 0.316 e. The van der Waals surface area contributed by atoms with Gasteiger partial charge in [-0.25, -0.2) is 18.4 Å². The van der Waals surface area contributed by atoms with Crippen LogP contribution in [-0.4, -0.2) is 40.3 Å². The highest BCUT2D eigenvalue weighted by atomic mass is 32.2. The molecule has 1 aromatic carbocycles. The molecule has 1 aliphatic heterocycles. The number of rotatable bonds is 5. The molecule has 0 amide bonds. The lowest BCUT2D eigenvalue weighted by Gasteiger charge is -2.17. The van der Waals surface area contributed by atoms with E-state index in [4.69, 9.17) is 4.98 Å². The van der Waals surface area contributed by atoms with Crippen molar-refractivity contribution in [1.29, 1.82) is 0 Å². The molecule has 1 aliphatic rings. The fourth-order valence-corrected chi connectivity index (χ4v) is 5.48. The molecule has 0 N–H and O–H groups in total. The van der Waals surface area contributed by atoms with Gasteiger partial charge >= 0.3 is 0 Å². The minimum absolute atomic E-state index is 0.0780. The Bertz CT molecular complexity index is 1090. The third-order valence-electron chi connectivity index (χ3n) is 5.38. The van der Waals surface area contributed by atoms with Gasteiger partial charge in [-0.2, -0.15) is 4.31 Å². The second-order valence-electron chi connectivity index (χ2n) is 7.97. The summed E-state index contributed by atoms with van der Waals surface area (Å²) in [6, 6.07) is 11.1. The van der Waals surface area contributed by atoms with Crippen molar-refractivity contribution in [2.75, 3.05) is 13.1 Å². The van der Waals surface area contributed by atoms with Crippen LogP contribution >= 0.6 is 0 Å². The van der Waals surface area contributed by atoms with Gasteiger partial charge in [-0.1, -0.05) is 26.0 Å². The van der Waals surface area contributed by atoms with Crippen molar-refractivity contribution in [2.24, 2.45) is 13.0 Å². The van der Waals surface area contributed by atoms with Gasteiger partial charge in [-0.3, -0.25) is 0 Å². The molecule has 4 rings (SSSR count). The van der Waals surface area contributed by atoms with Crippen LogP contribution in [0.5, 0.6) is 0 Å². The summed E-state index contributed by atoms with van der Waals surface area (Å²) in [4.78, 5) is 9.45. The van der Waals surface area contributed by atoms with Gasteiger partial charge in [0.2, 0.25) is 10.0 Å². The number of nitrogens with zero attached hydrogens (tertiary/aromatic N) is 4. The lowest BCUT2D eigenvalue weighted by Crippen LogP contribution is -2.29. The van der Waals surface area contributed by atoms with Crippen LogP contribution < -0.4 is 0 Å². The average Bonchev–Trinajstić information content (AvgIpc) is 3.28. The van der Waals surface area contributed by atoms with E-state index in [1.165, 1.54) is 5.56 Å². The molecule has 0 saturated carbocycles. The second-order valence-corrected chi connectivity index (χ2v) is 9.90. The Hall–Kier alpha value is -2.25. The van der Waals surface area contributed by atoms with Gasteiger partial charge in [-0.15, -0.1) is 0 Å². The molecule has 1 atom stereocenters. The van der Waals surface area contributed by atoms with E-state index in [0.717, 1.165) is 29.8 Å². The number of sulfonamides is 1. The van der Waals surface area contributed by atoms with Gasteiger partial charge in [0.05, 0.1) is 4.90 Å². The zero-order chi connectivity index (χ0) is 19.9. The molecule has 0 radical (unpaired) electrons. The van der Waals surface area contributed by atoms with E-state index < -0.39 is 10.0 Å². The van der Waals surface area contributed by atoms with E-state index in [0.29, 0.717) is 23.9 Å². The van der Waals surface area contributed by atoms with Crippen molar-refractivity contribution >= 4 is 21.2 Å². The minimum atomic E-state index is -3.49. The van der Waals surface area contributed by atoms with Crippen molar-refractivity contribution in [1.82, 2.24) is 18.8 Å². The van der Waals surface area contributed by atoms with Crippen LogP contribution in [0.3, 0.4) is 0 Å². The smallest absolute Gasteiger partial charge is 0.243 e. The van der Waals surface area contributed by atoms with E-state index in [1.807, 2.05) is 35.9 Å². The summed E-state index contributed by atoms with van der Waals surface area (Å²) in [6.45, 7) is 5.28. The second kappa shape index (κ2) is 7.29. The predicted molar refractivity (Wildman–Crippen MR) is 110 cm³/mol. The number of imidazole rings is 1. The first-order chi connectivity index (χ1) is 13.4. The van der Waals surface area contributed by atoms with Crippen LogP contribution in [0, 0.1) is 5.92 Å². The number of fused-ring (bicyclic) bond motifs is 1. The van der Waals surface area contributed by atoms with Crippen molar-refractivity contribution in [3.63, 3.8) is 0 Å². The van der Waals surface area contributed by atoms with E-state index in [2.05, 4.69) is 18.8 Å². The molecule has 1 fully saturated rings. The van der Waals surface area contributed by atoms with Gasteiger partial charge in [-0.05, 0) is 48.6 Å². The topological polar surface area (TPSA) is 68.1 Å². The Labute approximate surface area is 166 Å². The molecule has 28 heavy (non-hydrogen) atoms. The first-order valence-corrected chi connectivity index (χ1v) is 11.2.